The van der Waals surface area contributed by atoms with Gasteiger partial charge in [-0.25, -0.2) is 0 Å². The summed E-state index contributed by atoms with van der Waals surface area (Å²) in [6.07, 6.45) is 1.32. The second-order valence-corrected chi connectivity index (χ2v) is 3.71. The molecule has 58 valence electrons. The summed E-state index contributed by atoms with van der Waals surface area (Å²) in [6.45, 7) is 4.63. The summed E-state index contributed by atoms with van der Waals surface area (Å²) >= 11 is 0. The van der Waals surface area contributed by atoms with Gasteiger partial charge in [0.05, 0.1) is 0 Å². The molecule has 0 heteroatoms. The first-order valence-electron chi connectivity index (χ1n) is 4.37. The molecule has 2 unspecified atom stereocenters. The lowest BCUT2D eigenvalue weighted by Crippen LogP contribution is -2.07. The fraction of sp³-hybridized carbons (Fsp3) is 0.455. The molecule has 2 bridgehead atoms. The molecule has 1 aliphatic rings. The maximum atomic E-state index is 2.35. The first-order valence-corrected chi connectivity index (χ1v) is 4.37. The smallest absolute Gasteiger partial charge is 0.0185 e. The van der Waals surface area contributed by atoms with Crippen molar-refractivity contribution in [1.29, 1.82) is 0 Å². The predicted octanol–water partition coefficient (Wildman–Crippen LogP) is 3.30. The molecule has 11 heavy (non-hydrogen) atoms. The molecular weight excluding hydrogens is 132 g/mol. The standard InChI is InChI=1S/C11H14/c1-8-6-9(2)11-5-3-4-10(8)7-11/h3-5,7-9H,6H2,1-2H3. The fourth-order valence-corrected chi connectivity index (χ4v) is 1.97. The van der Waals surface area contributed by atoms with E-state index in [9.17, 15) is 0 Å². The molecule has 2 rings (SSSR count). The van der Waals surface area contributed by atoms with Gasteiger partial charge in [0, 0.05) is 0 Å². The van der Waals surface area contributed by atoms with Crippen molar-refractivity contribution in [2.24, 2.45) is 0 Å². The van der Waals surface area contributed by atoms with Crippen molar-refractivity contribution in [3.05, 3.63) is 35.4 Å². The Morgan fingerprint density at radius 3 is 2.18 bits per heavy atom. The Morgan fingerprint density at radius 1 is 1.09 bits per heavy atom. The van der Waals surface area contributed by atoms with E-state index in [0.29, 0.717) is 0 Å². The topological polar surface area (TPSA) is 0 Å². The van der Waals surface area contributed by atoms with Gasteiger partial charge in [0.1, 0.15) is 0 Å². The van der Waals surface area contributed by atoms with E-state index in [1.807, 2.05) is 0 Å². The zero-order valence-corrected chi connectivity index (χ0v) is 7.17. The lowest BCUT2D eigenvalue weighted by molar-refractivity contribution is 0.571. The van der Waals surface area contributed by atoms with E-state index in [1.165, 1.54) is 17.5 Å². The third-order valence-electron chi connectivity index (χ3n) is 2.76. The predicted molar refractivity (Wildman–Crippen MR) is 47.9 cm³/mol. The van der Waals surface area contributed by atoms with Crippen molar-refractivity contribution in [2.75, 3.05) is 0 Å². The summed E-state index contributed by atoms with van der Waals surface area (Å²) in [5.41, 5.74) is 3.03. The fourth-order valence-electron chi connectivity index (χ4n) is 1.97. The number of hydrogen-bond donors (Lipinski definition) is 0. The van der Waals surface area contributed by atoms with E-state index in [2.05, 4.69) is 38.1 Å². The van der Waals surface area contributed by atoms with Crippen molar-refractivity contribution in [3.63, 3.8) is 0 Å². The van der Waals surface area contributed by atoms with Crippen LogP contribution in [0.15, 0.2) is 24.3 Å². The number of rotatable bonds is 0. The van der Waals surface area contributed by atoms with E-state index in [-0.39, 0.29) is 0 Å². The second-order valence-electron chi connectivity index (χ2n) is 3.71. The van der Waals surface area contributed by atoms with Crippen molar-refractivity contribution in [1.82, 2.24) is 0 Å². The zero-order chi connectivity index (χ0) is 7.84. The summed E-state index contributed by atoms with van der Waals surface area (Å²) < 4.78 is 0. The normalized spacial score (nSPS) is 28.5. The van der Waals surface area contributed by atoms with Crippen molar-refractivity contribution >= 4 is 0 Å². The number of fused-ring (bicyclic) bond motifs is 2. The average Bonchev–Trinajstić information content (AvgIpc) is 2.02. The Bertz CT molecular complexity index is 239. The van der Waals surface area contributed by atoms with E-state index in [4.69, 9.17) is 0 Å². The van der Waals surface area contributed by atoms with Gasteiger partial charge in [-0.05, 0) is 29.4 Å². The molecule has 0 N–H and O–H groups in total. The third-order valence-corrected chi connectivity index (χ3v) is 2.76. The van der Waals surface area contributed by atoms with Gasteiger partial charge in [-0.1, -0.05) is 38.1 Å². The highest BCUT2D eigenvalue weighted by atomic mass is 14.2. The van der Waals surface area contributed by atoms with E-state index in [1.54, 1.807) is 0 Å². The summed E-state index contributed by atoms with van der Waals surface area (Å²) in [5, 5.41) is 0. The Labute approximate surface area is 68.3 Å². The summed E-state index contributed by atoms with van der Waals surface area (Å²) in [4.78, 5) is 0. The van der Waals surface area contributed by atoms with Crippen LogP contribution in [0.2, 0.25) is 0 Å². The van der Waals surface area contributed by atoms with Crippen LogP contribution in [0.3, 0.4) is 0 Å². The highest BCUT2D eigenvalue weighted by molar-refractivity contribution is 5.32. The minimum atomic E-state index is 0.763. The molecule has 0 aromatic heterocycles. The van der Waals surface area contributed by atoms with Crippen molar-refractivity contribution in [2.45, 2.75) is 32.1 Å². The summed E-state index contributed by atoms with van der Waals surface area (Å²) in [5.74, 6) is 1.53. The first-order chi connectivity index (χ1) is 5.27. The van der Waals surface area contributed by atoms with Gasteiger partial charge in [-0.15, -0.1) is 0 Å². The Morgan fingerprint density at radius 2 is 1.64 bits per heavy atom. The quantitative estimate of drug-likeness (QED) is 0.527. The molecule has 0 heterocycles. The first kappa shape index (κ1) is 6.90. The molecule has 0 nitrogen and oxygen atoms in total. The van der Waals surface area contributed by atoms with Crippen LogP contribution in [-0.4, -0.2) is 0 Å². The van der Waals surface area contributed by atoms with Crippen LogP contribution in [0.5, 0.6) is 0 Å². The molecule has 1 aromatic rings. The Kier molecular flexibility index (Phi) is 1.49. The van der Waals surface area contributed by atoms with Crippen LogP contribution < -0.4 is 0 Å². The van der Waals surface area contributed by atoms with Crippen LogP contribution >= 0.6 is 0 Å². The highest BCUT2D eigenvalue weighted by Crippen LogP contribution is 2.35. The van der Waals surface area contributed by atoms with E-state index in [0.717, 1.165) is 11.8 Å². The lowest BCUT2D eigenvalue weighted by atomic mass is 9.81. The van der Waals surface area contributed by atoms with Crippen LogP contribution in [0.4, 0.5) is 0 Å². The molecule has 0 saturated heterocycles. The Hall–Kier alpha value is -0.780. The lowest BCUT2D eigenvalue weighted by Gasteiger charge is -2.24. The molecule has 0 saturated carbocycles. The molecule has 0 radical (unpaired) electrons. The van der Waals surface area contributed by atoms with Gasteiger partial charge in [-0.2, -0.15) is 0 Å². The highest BCUT2D eigenvalue weighted by Gasteiger charge is 2.17. The van der Waals surface area contributed by atoms with Gasteiger partial charge in [0.25, 0.3) is 0 Å². The number of hydrogen-bond acceptors (Lipinski definition) is 0. The molecule has 0 amide bonds. The second kappa shape index (κ2) is 2.37. The number of benzene rings is 1. The van der Waals surface area contributed by atoms with Gasteiger partial charge in [0.2, 0.25) is 0 Å². The molecular formula is C11H14. The Balaban J connectivity index is 2.50. The van der Waals surface area contributed by atoms with Gasteiger partial charge in [0.15, 0.2) is 0 Å². The van der Waals surface area contributed by atoms with Gasteiger partial charge < -0.3 is 0 Å². The van der Waals surface area contributed by atoms with E-state index < -0.39 is 0 Å². The minimum absolute atomic E-state index is 0.763. The molecule has 0 spiro atoms. The third kappa shape index (κ3) is 1.07. The SMILES string of the molecule is CC1CC(C)c2cccc1c2. The maximum absolute atomic E-state index is 2.35. The minimum Gasteiger partial charge on any atom is -0.0617 e. The van der Waals surface area contributed by atoms with Gasteiger partial charge >= 0.3 is 0 Å². The molecule has 0 fully saturated rings. The molecule has 2 atom stereocenters. The zero-order valence-electron chi connectivity index (χ0n) is 7.17. The van der Waals surface area contributed by atoms with Crippen LogP contribution in [-0.2, 0) is 0 Å². The van der Waals surface area contributed by atoms with Crippen molar-refractivity contribution in [3.8, 4) is 0 Å². The molecule has 1 aromatic carbocycles. The molecule has 1 aliphatic carbocycles. The average molecular weight is 146 g/mol. The molecule has 0 aliphatic heterocycles. The van der Waals surface area contributed by atoms with E-state index >= 15 is 0 Å². The summed E-state index contributed by atoms with van der Waals surface area (Å²) in [6, 6.07) is 9.00. The van der Waals surface area contributed by atoms with Crippen LogP contribution in [0, 0.1) is 0 Å². The van der Waals surface area contributed by atoms with Crippen LogP contribution in [0.1, 0.15) is 43.2 Å². The van der Waals surface area contributed by atoms with Crippen LogP contribution in [0.25, 0.3) is 0 Å². The monoisotopic (exact) mass is 146 g/mol. The van der Waals surface area contributed by atoms with Crippen molar-refractivity contribution < 1.29 is 0 Å². The largest absolute Gasteiger partial charge is 0.0617 e. The van der Waals surface area contributed by atoms with Gasteiger partial charge in [-0.3, -0.25) is 0 Å². The summed E-state index contributed by atoms with van der Waals surface area (Å²) in [7, 11) is 0. The maximum Gasteiger partial charge on any atom is -0.0185 e.